The Morgan fingerprint density at radius 2 is 2.08 bits per heavy atom. The van der Waals surface area contributed by atoms with Crippen LogP contribution >= 0.6 is 39.0 Å². The van der Waals surface area contributed by atoms with Crippen LogP contribution in [0, 0.1) is 0 Å². The number of anilines is 1. The summed E-state index contributed by atoms with van der Waals surface area (Å²) in [6.07, 6.45) is 1.68. The fourth-order valence-corrected chi connectivity index (χ4v) is 3.90. The molecule has 3 rings (SSSR count). The van der Waals surface area contributed by atoms with Crippen LogP contribution in [0.2, 0.25) is 0 Å². The van der Waals surface area contributed by atoms with E-state index in [4.69, 9.17) is 5.73 Å². The van der Waals surface area contributed by atoms with Gasteiger partial charge in [-0.15, -0.1) is 16.4 Å². The molecule has 0 aliphatic carbocycles. The van der Waals surface area contributed by atoms with E-state index in [1.807, 2.05) is 17.5 Å². The third-order valence-corrected chi connectivity index (χ3v) is 5.65. The van der Waals surface area contributed by atoms with Crippen molar-refractivity contribution in [1.29, 1.82) is 0 Å². The third-order valence-electron chi connectivity index (χ3n) is 3.34. The SMILES string of the molecule is NC(=N/N=C\c1cccs1)S[C@@H]1CC(=O)N(c2ccc(Br)cc2)C1=O. The molecular formula is C16H13BrN4O2S2. The van der Waals surface area contributed by atoms with Gasteiger partial charge in [-0.25, -0.2) is 4.90 Å². The highest BCUT2D eigenvalue weighted by Gasteiger charge is 2.40. The van der Waals surface area contributed by atoms with Gasteiger partial charge in [0.1, 0.15) is 5.25 Å². The Labute approximate surface area is 160 Å². The van der Waals surface area contributed by atoms with Crippen molar-refractivity contribution in [2.75, 3.05) is 4.90 Å². The molecule has 2 heterocycles. The number of amidine groups is 1. The lowest BCUT2D eigenvalue weighted by Crippen LogP contribution is -2.31. The van der Waals surface area contributed by atoms with Crippen LogP contribution in [0.15, 0.2) is 56.5 Å². The highest BCUT2D eigenvalue weighted by Crippen LogP contribution is 2.30. The third kappa shape index (κ3) is 4.36. The van der Waals surface area contributed by atoms with Crippen LogP contribution in [0.4, 0.5) is 5.69 Å². The van der Waals surface area contributed by atoms with Gasteiger partial charge in [0.15, 0.2) is 5.17 Å². The van der Waals surface area contributed by atoms with Crippen molar-refractivity contribution in [1.82, 2.24) is 0 Å². The number of nitrogens with zero attached hydrogens (tertiary/aromatic N) is 3. The molecule has 0 saturated carbocycles. The van der Waals surface area contributed by atoms with Crippen LogP contribution in [0.1, 0.15) is 11.3 Å². The number of thioether (sulfide) groups is 1. The number of hydrogen-bond donors (Lipinski definition) is 1. The van der Waals surface area contributed by atoms with Gasteiger partial charge in [-0.1, -0.05) is 33.8 Å². The van der Waals surface area contributed by atoms with Gasteiger partial charge < -0.3 is 5.73 Å². The van der Waals surface area contributed by atoms with E-state index in [0.29, 0.717) is 5.69 Å². The predicted molar refractivity (Wildman–Crippen MR) is 106 cm³/mol. The molecule has 0 unspecified atom stereocenters. The first-order valence-corrected chi connectivity index (χ1v) is 9.79. The second kappa shape index (κ2) is 7.94. The minimum atomic E-state index is -0.586. The number of hydrogen-bond acceptors (Lipinski definition) is 6. The summed E-state index contributed by atoms with van der Waals surface area (Å²) in [7, 11) is 0. The quantitative estimate of drug-likeness (QED) is 0.344. The molecule has 1 saturated heterocycles. The van der Waals surface area contributed by atoms with Gasteiger partial charge in [0.25, 0.3) is 0 Å². The van der Waals surface area contributed by atoms with E-state index in [1.54, 1.807) is 30.5 Å². The van der Waals surface area contributed by atoms with Crippen molar-refractivity contribution in [3.05, 3.63) is 51.1 Å². The molecule has 0 spiro atoms. The Balaban J connectivity index is 1.66. The number of halogens is 1. The molecule has 2 N–H and O–H groups in total. The number of imide groups is 1. The molecule has 1 atom stereocenters. The Bertz CT molecular complexity index is 834. The highest BCUT2D eigenvalue weighted by atomic mass is 79.9. The number of carbonyl (C=O) groups is 2. The molecule has 1 aliphatic heterocycles. The Hall–Kier alpha value is -1.97. The maximum atomic E-state index is 12.5. The molecule has 128 valence electrons. The zero-order valence-electron chi connectivity index (χ0n) is 12.8. The number of rotatable bonds is 4. The second-order valence-corrected chi connectivity index (χ2v) is 8.17. The van der Waals surface area contributed by atoms with Crippen molar-refractivity contribution in [3.8, 4) is 0 Å². The van der Waals surface area contributed by atoms with E-state index in [0.717, 1.165) is 21.1 Å². The fourth-order valence-electron chi connectivity index (χ4n) is 2.23. The summed E-state index contributed by atoms with van der Waals surface area (Å²) in [6.45, 7) is 0. The molecule has 2 amide bonds. The summed E-state index contributed by atoms with van der Waals surface area (Å²) in [5, 5.41) is 9.27. The maximum absolute atomic E-state index is 12.5. The van der Waals surface area contributed by atoms with Gasteiger partial charge in [-0.2, -0.15) is 5.10 Å². The van der Waals surface area contributed by atoms with Crippen molar-refractivity contribution in [2.45, 2.75) is 11.7 Å². The monoisotopic (exact) mass is 436 g/mol. The largest absolute Gasteiger partial charge is 0.377 e. The van der Waals surface area contributed by atoms with Gasteiger partial charge in [-0.05, 0) is 35.7 Å². The lowest BCUT2D eigenvalue weighted by atomic mass is 10.3. The van der Waals surface area contributed by atoms with E-state index < -0.39 is 5.25 Å². The smallest absolute Gasteiger partial charge is 0.247 e. The normalized spacial score (nSPS) is 18.5. The molecule has 2 aromatic rings. The summed E-state index contributed by atoms with van der Waals surface area (Å²) in [5.74, 6) is -0.544. The topological polar surface area (TPSA) is 88.1 Å². The highest BCUT2D eigenvalue weighted by molar-refractivity contribution is 9.10. The van der Waals surface area contributed by atoms with Crippen LogP contribution in [-0.4, -0.2) is 28.4 Å². The number of nitrogens with two attached hydrogens (primary N) is 1. The first-order chi connectivity index (χ1) is 12.0. The molecule has 1 aromatic carbocycles. The Morgan fingerprint density at radius 3 is 2.76 bits per heavy atom. The lowest BCUT2D eigenvalue weighted by molar-refractivity contribution is -0.121. The van der Waals surface area contributed by atoms with Crippen molar-refractivity contribution in [3.63, 3.8) is 0 Å². The maximum Gasteiger partial charge on any atom is 0.247 e. The first-order valence-electron chi connectivity index (χ1n) is 7.23. The minimum Gasteiger partial charge on any atom is -0.377 e. The summed E-state index contributed by atoms with van der Waals surface area (Å²) in [6, 6.07) is 10.8. The van der Waals surface area contributed by atoms with Crippen LogP contribution in [0.25, 0.3) is 0 Å². The average Bonchev–Trinajstić information content (AvgIpc) is 3.18. The predicted octanol–water partition coefficient (Wildman–Crippen LogP) is 3.22. The molecular weight excluding hydrogens is 424 g/mol. The summed E-state index contributed by atoms with van der Waals surface area (Å²) < 4.78 is 0.876. The molecule has 0 radical (unpaired) electrons. The van der Waals surface area contributed by atoms with Gasteiger partial charge >= 0.3 is 0 Å². The molecule has 1 aromatic heterocycles. The molecule has 1 fully saturated rings. The zero-order chi connectivity index (χ0) is 17.8. The lowest BCUT2D eigenvalue weighted by Gasteiger charge is -2.14. The van der Waals surface area contributed by atoms with Gasteiger partial charge in [0.2, 0.25) is 11.8 Å². The van der Waals surface area contributed by atoms with E-state index >= 15 is 0 Å². The van der Waals surface area contributed by atoms with Crippen molar-refractivity contribution < 1.29 is 9.59 Å². The van der Waals surface area contributed by atoms with Gasteiger partial charge in [-0.3, -0.25) is 9.59 Å². The number of carbonyl (C=O) groups excluding carboxylic acids is 2. The van der Waals surface area contributed by atoms with Crippen LogP contribution in [0.5, 0.6) is 0 Å². The standard InChI is InChI=1S/C16H13BrN4O2S2/c17-10-3-5-11(6-4-10)21-14(22)8-13(15(21)23)25-16(18)20-19-9-12-2-1-7-24-12/h1-7,9,13H,8H2,(H2,18,20)/b19-9-/t13-/m1/s1. The Kier molecular flexibility index (Phi) is 5.67. The molecule has 9 heteroatoms. The zero-order valence-corrected chi connectivity index (χ0v) is 16.1. The summed E-state index contributed by atoms with van der Waals surface area (Å²) in [4.78, 5) is 26.9. The number of amides is 2. The number of thiophene rings is 1. The van der Waals surface area contributed by atoms with Crippen molar-refractivity contribution >= 4 is 67.9 Å². The van der Waals surface area contributed by atoms with E-state index in [2.05, 4.69) is 26.1 Å². The average molecular weight is 437 g/mol. The van der Waals surface area contributed by atoms with E-state index in [9.17, 15) is 9.59 Å². The first kappa shape index (κ1) is 17.8. The molecule has 25 heavy (non-hydrogen) atoms. The van der Waals surface area contributed by atoms with Crippen LogP contribution in [0.3, 0.4) is 0 Å². The molecule has 1 aliphatic rings. The van der Waals surface area contributed by atoms with E-state index in [1.165, 1.54) is 16.2 Å². The number of benzene rings is 1. The van der Waals surface area contributed by atoms with Crippen molar-refractivity contribution in [2.24, 2.45) is 15.9 Å². The minimum absolute atomic E-state index is 0.0877. The van der Waals surface area contributed by atoms with Crippen LogP contribution in [-0.2, 0) is 9.59 Å². The Morgan fingerprint density at radius 1 is 1.32 bits per heavy atom. The molecule has 6 nitrogen and oxygen atoms in total. The van der Waals surface area contributed by atoms with Gasteiger partial charge in [0, 0.05) is 15.8 Å². The molecule has 0 bridgehead atoms. The second-order valence-electron chi connectivity index (χ2n) is 5.05. The van der Waals surface area contributed by atoms with Gasteiger partial charge in [0.05, 0.1) is 11.9 Å². The van der Waals surface area contributed by atoms with E-state index in [-0.39, 0.29) is 23.4 Å². The fraction of sp³-hybridized carbons (Fsp3) is 0.125. The summed E-state index contributed by atoms with van der Waals surface area (Å²) in [5.41, 5.74) is 6.37. The summed E-state index contributed by atoms with van der Waals surface area (Å²) >= 11 is 5.92. The van der Waals surface area contributed by atoms with Crippen LogP contribution < -0.4 is 10.6 Å².